The molecule has 1 saturated heterocycles. The molecule has 2 rings (SSSR count). The second-order valence-corrected chi connectivity index (χ2v) is 7.18. The normalized spacial score (nSPS) is 34.4. The number of nitrogens with zero attached hydrogens (tertiary/aromatic N) is 1. The zero-order chi connectivity index (χ0) is 13.7. The zero-order valence-electron chi connectivity index (χ0n) is 13.3. The number of hydrogen-bond acceptors (Lipinski definition) is 2. The van der Waals surface area contributed by atoms with Gasteiger partial charge in [-0.25, -0.2) is 0 Å². The third-order valence-corrected chi connectivity index (χ3v) is 5.58. The van der Waals surface area contributed by atoms with Crippen LogP contribution in [0.5, 0.6) is 0 Å². The van der Waals surface area contributed by atoms with E-state index in [1.165, 1.54) is 64.6 Å². The van der Waals surface area contributed by atoms with Gasteiger partial charge in [0.2, 0.25) is 0 Å². The molecule has 112 valence electrons. The third-order valence-electron chi connectivity index (χ3n) is 5.58. The van der Waals surface area contributed by atoms with Gasteiger partial charge in [-0.2, -0.15) is 0 Å². The summed E-state index contributed by atoms with van der Waals surface area (Å²) in [7, 11) is 2.15. The van der Waals surface area contributed by atoms with Gasteiger partial charge in [0, 0.05) is 12.6 Å². The monoisotopic (exact) mass is 266 g/mol. The standard InChI is InChI=1S/C17H34N2/c1-14(2)15-8-6-11-19(12-10-15)13-16-7-4-5-9-17(16)18-3/h14-18H,4-13H2,1-3H3. The van der Waals surface area contributed by atoms with Crippen LogP contribution >= 0.6 is 0 Å². The minimum atomic E-state index is 0.776. The molecule has 0 spiro atoms. The van der Waals surface area contributed by atoms with Crippen LogP contribution in [0.15, 0.2) is 0 Å². The molecule has 0 bridgehead atoms. The summed E-state index contributed by atoms with van der Waals surface area (Å²) in [6.07, 6.45) is 10.0. The van der Waals surface area contributed by atoms with Crippen molar-refractivity contribution in [2.45, 2.75) is 64.8 Å². The van der Waals surface area contributed by atoms with Crippen molar-refractivity contribution in [1.82, 2.24) is 10.2 Å². The predicted octanol–water partition coefficient (Wildman–Crippen LogP) is 3.52. The van der Waals surface area contributed by atoms with Crippen molar-refractivity contribution in [3.05, 3.63) is 0 Å². The molecule has 0 aromatic heterocycles. The first kappa shape index (κ1) is 15.3. The lowest BCUT2D eigenvalue weighted by molar-refractivity contribution is 0.173. The van der Waals surface area contributed by atoms with Gasteiger partial charge in [-0.1, -0.05) is 26.7 Å². The molecule has 1 N–H and O–H groups in total. The summed E-state index contributed by atoms with van der Waals surface area (Å²) in [5, 5.41) is 3.56. The van der Waals surface area contributed by atoms with Gasteiger partial charge in [-0.05, 0) is 70.0 Å². The number of rotatable bonds is 4. The van der Waals surface area contributed by atoms with E-state index >= 15 is 0 Å². The Bertz CT molecular complexity index is 252. The molecule has 19 heavy (non-hydrogen) atoms. The summed E-state index contributed by atoms with van der Waals surface area (Å²) < 4.78 is 0. The van der Waals surface area contributed by atoms with Crippen molar-refractivity contribution in [1.29, 1.82) is 0 Å². The number of hydrogen-bond donors (Lipinski definition) is 1. The fourth-order valence-electron chi connectivity index (χ4n) is 4.17. The van der Waals surface area contributed by atoms with Crippen LogP contribution < -0.4 is 5.32 Å². The van der Waals surface area contributed by atoms with Crippen molar-refractivity contribution >= 4 is 0 Å². The van der Waals surface area contributed by atoms with Crippen LogP contribution in [0.1, 0.15) is 58.8 Å². The van der Waals surface area contributed by atoms with Gasteiger partial charge in [-0.3, -0.25) is 0 Å². The van der Waals surface area contributed by atoms with E-state index in [4.69, 9.17) is 0 Å². The molecule has 3 atom stereocenters. The molecule has 0 aromatic rings. The van der Waals surface area contributed by atoms with Gasteiger partial charge in [-0.15, -0.1) is 0 Å². The second-order valence-electron chi connectivity index (χ2n) is 7.18. The summed E-state index contributed by atoms with van der Waals surface area (Å²) in [6.45, 7) is 8.83. The lowest BCUT2D eigenvalue weighted by Crippen LogP contribution is -2.43. The maximum Gasteiger partial charge on any atom is 0.0104 e. The van der Waals surface area contributed by atoms with Crippen LogP contribution in [0.4, 0.5) is 0 Å². The van der Waals surface area contributed by atoms with Crippen LogP contribution in [0.2, 0.25) is 0 Å². The van der Waals surface area contributed by atoms with Crippen LogP contribution in [0.3, 0.4) is 0 Å². The maximum atomic E-state index is 3.56. The zero-order valence-corrected chi connectivity index (χ0v) is 13.3. The van der Waals surface area contributed by atoms with Crippen LogP contribution in [0.25, 0.3) is 0 Å². The van der Waals surface area contributed by atoms with E-state index in [0.29, 0.717) is 0 Å². The molecule has 1 saturated carbocycles. The molecule has 1 aliphatic carbocycles. The third kappa shape index (κ3) is 4.46. The Morgan fingerprint density at radius 1 is 1.00 bits per heavy atom. The Hall–Kier alpha value is -0.0800. The predicted molar refractivity (Wildman–Crippen MR) is 83.4 cm³/mol. The summed E-state index contributed by atoms with van der Waals surface area (Å²) in [4.78, 5) is 2.77. The summed E-state index contributed by atoms with van der Waals surface area (Å²) >= 11 is 0. The van der Waals surface area contributed by atoms with Crippen LogP contribution in [-0.4, -0.2) is 37.6 Å². The van der Waals surface area contributed by atoms with Crippen LogP contribution in [0, 0.1) is 17.8 Å². The molecule has 0 radical (unpaired) electrons. The fraction of sp³-hybridized carbons (Fsp3) is 1.00. The van der Waals surface area contributed by atoms with E-state index < -0.39 is 0 Å². The number of likely N-dealkylation sites (tertiary alicyclic amines) is 1. The smallest absolute Gasteiger partial charge is 0.0104 e. The van der Waals surface area contributed by atoms with E-state index in [-0.39, 0.29) is 0 Å². The SMILES string of the molecule is CNC1CCCCC1CN1CCCC(C(C)C)CC1. The highest BCUT2D eigenvalue weighted by Gasteiger charge is 2.27. The maximum absolute atomic E-state index is 3.56. The summed E-state index contributed by atoms with van der Waals surface area (Å²) in [5.74, 6) is 2.74. The van der Waals surface area contributed by atoms with E-state index in [0.717, 1.165) is 23.8 Å². The Kier molecular flexibility index (Phi) is 6.15. The van der Waals surface area contributed by atoms with Gasteiger partial charge in [0.1, 0.15) is 0 Å². The van der Waals surface area contributed by atoms with Gasteiger partial charge in [0.05, 0.1) is 0 Å². The first-order valence-corrected chi connectivity index (χ1v) is 8.60. The lowest BCUT2D eigenvalue weighted by atomic mass is 9.84. The molecular formula is C17H34N2. The van der Waals surface area contributed by atoms with E-state index in [1.54, 1.807) is 0 Å². The molecule has 0 aromatic carbocycles. The molecule has 2 aliphatic rings. The van der Waals surface area contributed by atoms with E-state index in [1.807, 2.05) is 0 Å². The Morgan fingerprint density at radius 2 is 1.79 bits per heavy atom. The average molecular weight is 266 g/mol. The minimum absolute atomic E-state index is 0.776. The molecule has 2 nitrogen and oxygen atoms in total. The highest BCUT2D eigenvalue weighted by molar-refractivity contribution is 4.83. The molecule has 3 unspecified atom stereocenters. The Labute approximate surface area is 120 Å². The molecule has 0 amide bonds. The quantitative estimate of drug-likeness (QED) is 0.837. The average Bonchev–Trinajstić information content (AvgIpc) is 2.65. The van der Waals surface area contributed by atoms with E-state index in [9.17, 15) is 0 Å². The van der Waals surface area contributed by atoms with Crippen molar-refractivity contribution in [2.75, 3.05) is 26.7 Å². The largest absolute Gasteiger partial charge is 0.317 e. The first-order valence-electron chi connectivity index (χ1n) is 8.60. The lowest BCUT2D eigenvalue weighted by Gasteiger charge is -2.35. The molecule has 2 heteroatoms. The second kappa shape index (κ2) is 7.64. The van der Waals surface area contributed by atoms with Crippen molar-refractivity contribution in [2.24, 2.45) is 17.8 Å². The van der Waals surface area contributed by atoms with Gasteiger partial charge in [0.15, 0.2) is 0 Å². The van der Waals surface area contributed by atoms with Crippen molar-refractivity contribution in [3.8, 4) is 0 Å². The first-order chi connectivity index (χ1) is 9.20. The Morgan fingerprint density at radius 3 is 2.53 bits per heavy atom. The van der Waals surface area contributed by atoms with Gasteiger partial charge < -0.3 is 10.2 Å². The minimum Gasteiger partial charge on any atom is -0.317 e. The summed E-state index contributed by atoms with van der Waals surface area (Å²) in [6, 6.07) is 0.776. The van der Waals surface area contributed by atoms with Gasteiger partial charge >= 0.3 is 0 Å². The van der Waals surface area contributed by atoms with Crippen molar-refractivity contribution < 1.29 is 0 Å². The molecule has 1 aliphatic heterocycles. The summed E-state index contributed by atoms with van der Waals surface area (Å²) in [5.41, 5.74) is 0. The van der Waals surface area contributed by atoms with E-state index in [2.05, 4.69) is 31.1 Å². The fourth-order valence-corrected chi connectivity index (χ4v) is 4.17. The topological polar surface area (TPSA) is 15.3 Å². The molecular weight excluding hydrogens is 232 g/mol. The van der Waals surface area contributed by atoms with Gasteiger partial charge in [0.25, 0.3) is 0 Å². The number of nitrogens with one attached hydrogen (secondary N) is 1. The highest BCUT2D eigenvalue weighted by Crippen LogP contribution is 2.28. The molecule has 1 heterocycles. The van der Waals surface area contributed by atoms with Crippen molar-refractivity contribution in [3.63, 3.8) is 0 Å². The Balaban J connectivity index is 1.81. The highest BCUT2D eigenvalue weighted by atomic mass is 15.1. The molecule has 2 fully saturated rings. The van der Waals surface area contributed by atoms with Crippen LogP contribution in [-0.2, 0) is 0 Å².